The maximum absolute atomic E-state index is 12.8. The summed E-state index contributed by atoms with van der Waals surface area (Å²) in [6.45, 7) is 8.25. The highest BCUT2D eigenvalue weighted by atomic mass is 32.1. The van der Waals surface area contributed by atoms with Gasteiger partial charge in [-0.2, -0.15) is 4.37 Å². The largest absolute Gasteiger partial charge is 0.378 e. The highest BCUT2D eigenvalue weighted by molar-refractivity contribution is 7.10. The number of anilines is 1. The van der Waals surface area contributed by atoms with E-state index in [4.69, 9.17) is 0 Å². The molecule has 0 aliphatic carbocycles. The van der Waals surface area contributed by atoms with E-state index in [9.17, 15) is 4.79 Å². The van der Waals surface area contributed by atoms with Gasteiger partial charge in [0.1, 0.15) is 5.00 Å². The number of aryl methyl sites for hydroxylation is 1. The van der Waals surface area contributed by atoms with E-state index in [0.29, 0.717) is 5.92 Å². The molecule has 1 aromatic heterocycles. The molecule has 0 saturated carbocycles. The summed E-state index contributed by atoms with van der Waals surface area (Å²) in [5, 5.41) is 3.99. The van der Waals surface area contributed by atoms with E-state index in [-0.39, 0.29) is 5.91 Å². The van der Waals surface area contributed by atoms with Crippen LogP contribution < -0.4 is 5.32 Å². The van der Waals surface area contributed by atoms with Gasteiger partial charge >= 0.3 is 0 Å². The number of aromatic nitrogens is 1. The molecule has 0 spiro atoms. The minimum Gasteiger partial charge on any atom is -0.378 e. The van der Waals surface area contributed by atoms with Gasteiger partial charge < -0.3 is 10.2 Å². The number of nitrogens with one attached hydrogen (secondary N) is 1. The third kappa shape index (κ3) is 3.96. The fraction of sp³-hybridized carbons (Fsp3) is 0.750. The zero-order valence-corrected chi connectivity index (χ0v) is 14.4. The lowest BCUT2D eigenvalue weighted by atomic mass is 9.90. The number of nitrogens with zero attached hydrogens (tertiary/aromatic N) is 2. The minimum absolute atomic E-state index is 0.153. The smallest absolute Gasteiger partial charge is 0.258 e. The molecule has 1 fully saturated rings. The van der Waals surface area contributed by atoms with Crippen molar-refractivity contribution >= 4 is 22.4 Å². The molecule has 2 heterocycles. The fourth-order valence-electron chi connectivity index (χ4n) is 3.00. The molecule has 118 valence electrons. The molecular weight excluding hydrogens is 282 g/mol. The molecule has 0 unspecified atom stereocenters. The van der Waals surface area contributed by atoms with Crippen molar-refractivity contribution < 1.29 is 4.79 Å². The summed E-state index contributed by atoms with van der Waals surface area (Å²) in [5.74, 6) is 1.56. The zero-order valence-electron chi connectivity index (χ0n) is 13.6. The first kappa shape index (κ1) is 16.3. The molecule has 1 aliphatic rings. The van der Waals surface area contributed by atoms with Gasteiger partial charge in [-0.05, 0) is 49.6 Å². The number of carbonyl (C=O) groups excluding carboxylic acids is 1. The average molecular weight is 309 g/mol. The Balaban J connectivity index is 2.03. The Morgan fingerprint density at radius 3 is 2.95 bits per heavy atom. The fourth-order valence-corrected chi connectivity index (χ4v) is 3.74. The van der Waals surface area contributed by atoms with Crippen LogP contribution in [0.4, 0.5) is 5.00 Å². The van der Waals surface area contributed by atoms with Gasteiger partial charge in [0.25, 0.3) is 5.91 Å². The van der Waals surface area contributed by atoms with E-state index in [1.165, 1.54) is 30.8 Å². The summed E-state index contributed by atoms with van der Waals surface area (Å²) in [4.78, 5) is 14.8. The molecule has 0 aromatic carbocycles. The average Bonchev–Trinajstić information content (AvgIpc) is 2.85. The Kier molecular flexibility index (Phi) is 5.62. The Morgan fingerprint density at radius 2 is 2.29 bits per heavy atom. The lowest BCUT2D eigenvalue weighted by molar-refractivity contribution is 0.0665. The van der Waals surface area contributed by atoms with Gasteiger partial charge in [-0.15, -0.1) is 0 Å². The number of piperidine rings is 1. The van der Waals surface area contributed by atoms with E-state index in [0.717, 1.165) is 41.7 Å². The zero-order chi connectivity index (χ0) is 15.4. The Morgan fingerprint density at radius 1 is 1.52 bits per heavy atom. The molecule has 4 nitrogen and oxygen atoms in total. The summed E-state index contributed by atoms with van der Waals surface area (Å²) in [6, 6.07) is 0. The van der Waals surface area contributed by atoms with E-state index < -0.39 is 0 Å². The van der Waals surface area contributed by atoms with Crippen molar-refractivity contribution in [2.24, 2.45) is 11.8 Å². The van der Waals surface area contributed by atoms with E-state index in [1.54, 1.807) is 0 Å². The second-order valence-corrected chi connectivity index (χ2v) is 7.23. The second-order valence-electron chi connectivity index (χ2n) is 6.45. The van der Waals surface area contributed by atoms with E-state index in [2.05, 4.69) is 23.5 Å². The molecule has 1 atom stereocenters. The van der Waals surface area contributed by atoms with Crippen LogP contribution in [-0.4, -0.2) is 35.3 Å². The predicted molar refractivity (Wildman–Crippen MR) is 89.1 cm³/mol. The summed E-state index contributed by atoms with van der Waals surface area (Å²) in [5.41, 5.74) is 1.62. The SMILES string of the molecule is CNc1snc(C)c1C(=O)N1CCC[C@@H](CCC(C)C)C1. The summed E-state index contributed by atoms with van der Waals surface area (Å²) in [7, 11) is 1.85. The number of carbonyl (C=O) groups is 1. The first-order chi connectivity index (χ1) is 10.0. The monoisotopic (exact) mass is 309 g/mol. The molecule has 0 bridgehead atoms. The van der Waals surface area contributed by atoms with Gasteiger partial charge in [-0.25, -0.2) is 0 Å². The standard InChI is InChI=1S/C16H27N3OS/c1-11(2)7-8-13-6-5-9-19(10-13)16(20)14-12(3)18-21-15(14)17-4/h11,13,17H,5-10H2,1-4H3/t13-/m0/s1. The van der Waals surface area contributed by atoms with Crippen molar-refractivity contribution in [3.63, 3.8) is 0 Å². The van der Waals surface area contributed by atoms with Crippen molar-refractivity contribution in [1.29, 1.82) is 0 Å². The first-order valence-corrected chi connectivity index (χ1v) is 8.73. The highest BCUT2D eigenvalue weighted by Gasteiger charge is 2.28. The molecule has 2 rings (SSSR count). The second kappa shape index (κ2) is 7.25. The van der Waals surface area contributed by atoms with Crippen LogP contribution in [0, 0.1) is 18.8 Å². The molecule has 1 aromatic rings. The molecule has 1 N–H and O–H groups in total. The third-order valence-corrected chi connectivity index (χ3v) is 5.22. The van der Waals surface area contributed by atoms with Crippen LogP contribution in [-0.2, 0) is 0 Å². The third-order valence-electron chi connectivity index (χ3n) is 4.26. The van der Waals surface area contributed by atoms with Gasteiger partial charge in [0.2, 0.25) is 0 Å². The molecule has 1 saturated heterocycles. The Hall–Kier alpha value is -1.10. The van der Waals surface area contributed by atoms with Crippen LogP contribution >= 0.6 is 11.5 Å². The number of hydrogen-bond donors (Lipinski definition) is 1. The van der Waals surface area contributed by atoms with E-state index in [1.807, 2.05) is 18.9 Å². The number of likely N-dealkylation sites (tertiary alicyclic amines) is 1. The Labute approximate surface area is 132 Å². The topological polar surface area (TPSA) is 45.2 Å². The van der Waals surface area contributed by atoms with Crippen molar-refractivity contribution in [2.75, 3.05) is 25.5 Å². The maximum atomic E-state index is 12.8. The van der Waals surface area contributed by atoms with Crippen LogP contribution in [0.15, 0.2) is 0 Å². The molecule has 1 amide bonds. The predicted octanol–water partition coefficient (Wildman–Crippen LogP) is 3.78. The maximum Gasteiger partial charge on any atom is 0.258 e. The van der Waals surface area contributed by atoms with Crippen molar-refractivity contribution in [2.45, 2.75) is 46.5 Å². The van der Waals surface area contributed by atoms with Crippen LogP contribution in [0.25, 0.3) is 0 Å². The van der Waals surface area contributed by atoms with Crippen molar-refractivity contribution in [3.05, 3.63) is 11.3 Å². The van der Waals surface area contributed by atoms with Crippen LogP contribution in [0.3, 0.4) is 0 Å². The molecule has 5 heteroatoms. The molecule has 1 aliphatic heterocycles. The van der Waals surface area contributed by atoms with Gasteiger partial charge in [-0.3, -0.25) is 4.79 Å². The lowest BCUT2D eigenvalue weighted by Crippen LogP contribution is -2.40. The van der Waals surface area contributed by atoms with Crippen LogP contribution in [0.2, 0.25) is 0 Å². The van der Waals surface area contributed by atoms with Crippen LogP contribution in [0.5, 0.6) is 0 Å². The Bertz CT molecular complexity index is 484. The molecule has 0 radical (unpaired) electrons. The lowest BCUT2D eigenvalue weighted by Gasteiger charge is -2.33. The quantitative estimate of drug-likeness (QED) is 0.900. The van der Waals surface area contributed by atoms with Crippen LogP contribution in [0.1, 0.15) is 55.6 Å². The van der Waals surface area contributed by atoms with Crippen molar-refractivity contribution in [1.82, 2.24) is 9.27 Å². The summed E-state index contributed by atoms with van der Waals surface area (Å²) in [6.07, 6.45) is 4.88. The normalized spacial score (nSPS) is 19.1. The summed E-state index contributed by atoms with van der Waals surface area (Å²) < 4.78 is 4.31. The summed E-state index contributed by atoms with van der Waals surface area (Å²) >= 11 is 1.37. The minimum atomic E-state index is 0.153. The number of rotatable bonds is 5. The van der Waals surface area contributed by atoms with Crippen molar-refractivity contribution in [3.8, 4) is 0 Å². The van der Waals surface area contributed by atoms with Gasteiger partial charge in [0.05, 0.1) is 11.3 Å². The van der Waals surface area contributed by atoms with Gasteiger partial charge in [0.15, 0.2) is 0 Å². The van der Waals surface area contributed by atoms with E-state index >= 15 is 0 Å². The highest BCUT2D eigenvalue weighted by Crippen LogP contribution is 2.29. The number of amides is 1. The van der Waals surface area contributed by atoms with Gasteiger partial charge in [-0.1, -0.05) is 20.3 Å². The molecular formula is C16H27N3OS. The first-order valence-electron chi connectivity index (χ1n) is 7.96. The van der Waals surface area contributed by atoms with Gasteiger partial charge in [0, 0.05) is 20.1 Å². The molecule has 21 heavy (non-hydrogen) atoms. The number of hydrogen-bond acceptors (Lipinski definition) is 4.